The van der Waals surface area contributed by atoms with E-state index in [4.69, 9.17) is 4.74 Å². The van der Waals surface area contributed by atoms with E-state index in [1.807, 2.05) is 0 Å². The lowest BCUT2D eigenvalue weighted by molar-refractivity contribution is -0.0999. The Morgan fingerprint density at radius 3 is 2.78 bits per heavy atom. The highest BCUT2D eigenvalue weighted by molar-refractivity contribution is 5.22. The van der Waals surface area contributed by atoms with Crippen molar-refractivity contribution in [3.8, 4) is 0 Å². The lowest BCUT2D eigenvalue weighted by atomic mass is 9.88. The average molecular weight is 247 g/mol. The molecule has 0 spiro atoms. The summed E-state index contributed by atoms with van der Waals surface area (Å²) in [5.74, 6) is 0. The number of aryl methyl sites for hydroxylation is 2. The van der Waals surface area contributed by atoms with Crippen LogP contribution in [-0.2, 0) is 11.2 Å². The van der Waals surface area contributed by atoms with Gasteiger partial charge in [0.25, 0.3) is 0 Å². The maximum atomic E-state index is 5.27. The van der Waals surface area contributed by atoms with Gasteiger partial charge in [0, 0.05) is 18.0 Å². The third-order valence-corrected chi connectivity index (χ3v) is 3.73. The number of ether oxygens (including phenoxy) is 1. The van der Waals surface area contributed by atoms with Gasteiger partial charge in [0.2, 0.25) is 0 Å². The van der Waals surface area contributed by atoms with Gasteiger partial charge in [-0.15, -0.1) is 0 Å². The van der Waals surface area contributed by atoms with E-state index in [9.17, 15) is 0 Å². The van der Waals surface area contributed by atoms with Crippen molar-refractivity contribution < 1.29 is 4.74 Å². The van der Waals surface area contributed by atoms with Gasteiger partial charge in [-0.25, -0.2) is 0 Å². The molecule has 0 aromatic heterocycles. The molecule has 1 aliphatic rings. The lowest BCUT2D eigenvalue weighted by Gasteiger charge is -2.39. The molecule has 100 valence electrons. The molecule has 18 heavy (non-hydrogen) atoms. The minimum atomic E-state index is 0.373. The van der Waals surface area contributed by atoms with Crippen LogP contribution in [0.2, 0.25) is 0 Å². The monoisotopic (exact) mass is 247 g/mol. The minimum absolute atomic E-state index is 0.373. The first-order valence-electron chi connectivity index (χ1n) is 6.94. The Kier molecular flexibility index (Phi) is 4.41. The standard InChI is InChI=1S/C16H25NO/c1-13-5-4-6-15(9-13)8-7-14(2)17-10-16(3)11-18-12-16/h4-6,9,14,17H,7-8,10-12H2,1-3H3. The molecule has 1 saturated heterocycles. The van der Waals surface area contributed by atoms with Crippen LogP contribution >= 0.6 is 0 Å². The van der Waals surface area contributed by atoms with Crippen molar-refractivity contribution in [1.82, 2.24) is 5.32 Å². The zero-order valence-electron chi connectivity index (χ0n) is 11.8. The Labute approximate surface area is 111 Å². The molecule has 0 bridgehead atoms. The summed E-state index contributed by atoms with van der Waals surface area (Å²) in [5.41, 5.74) is 3.17. The summed E-state index contributed by atoms with van der Waals surface area (Å²) in [5, 5.41) is 3.63. The quantitative estimate of drug-likeness (QED) is 0.834. The molecule has 0 aliphatic carbocycles. The summed E-state index contributed by atoms with van der Waals surface area (Å²) in [6, 6.07) is 9.38. The van der Waals surface area contributed by atoms with Gasteiger partial charge in [-0.3, -0.25) is 0 Å². The number of benzene rings is 1. The first-order valence-corrected chi connectivity index (χ1v) is 6.94. The van der Waals surface area contributed by atoms with E-state index in [-0.39, 0.29) is 0 Å². The Morgan fingerprint density at radius 1 is 1.39 bits per heavy atom. The summed E-state index contributed by atoms with van der Waals surface area (Å²) in [6.45, 7) is 9.61. The summed E-state index contributed by atoms with van der Waals surface area (Å²) < 4.78 is 5.27. The van der Waals surface area contributed by atoms with Crippen molar-refractivity contribution in [3.63, 3.8) is 0 Å². The van der Waals surface area contributed by atoms with Crippen molar-refractivity contribution in [1.29, 1.82) is 0 Å². The molecular weight excluding hydrogens is 222 g/mol. The zero-order valence-corrected chi connectivity index (χ0v) is 11.8. The highest BCUT2D eigenvalue weighted by atomic mass is 16.5. The van der Waals surface area contributed by atoms with Crippen LogP contribution in [0.1, 0.15) is 31.4 Å². The Bertz CT molecular complexity index is 384. The summed E-state index contributed by atoms with van der Waals surface area (Å²) >= 11 is 0. The number of hydrogen-bond acceptors (Lipinski definition) is 2. The largest absolute Gasteiger partial charge is 0.380 e. The average Bonchev–Trinajstić information content (AvgIpc) is 2.31. The second-order valence-corrected chi connectivity index (χ2v) is 6.11. The van der Waals surface area contributed by atoms with Gasteiger partial charge >= 0.3 is 0 Å². The van der Waals surface area contributed by atoms with Crippen LogP contribution in [0.4, 0.5) is 0 Å². The van der Waals surface area contributed by atoms with Crippen LogP contribution in [-0.4, -0.2) is 25.8 Å². The molecule has 1 heterocycles. The smallest absolute Gasteiger partial charge is 0.0554 e. The summed E-state index contributed by atoms with van der Waals surface area (Å²) in [6.07, 6.45) is 2.35. The maximum Gasteiger partial charge on any atom is 0.0554 e. The van der Waals surface area contributed by atoms with Gasteiger partial charge in [-0.1, -0.05) is 36.8 Å². The highest BCUT2D eigenvalue weighted by Gasteiger charge is 2.33. The molecule has 0 saturated carbocycles. The molecule has 1 fully saturated rings. The van der Waals surface area contributed by atoms with E-state index in [2.05, 4.69) is 50.4 Å². The van der Waals surface area contributed by atoms with Crippen molar-refractivity contribution in [2.24, 2.45) is 5.41 Å². The van der Waals surface area contributed by atoms with Gasteiger partial charge in [-0.05, 0) is 32.3 Å². The Morgan fingerprint density at radius 2 is 2.17 bits per heavy atom. The van der Waals surface area contributed by atoms with E-state index < -0.39 is 0 Å². The number of nitrogens with one attached hydrogen (secondary N) is 1. The fourth-order valence-electron chi connectivity index (χ4n) is 2.33. The van der Waals surface area contributed by atoms with Gasteiger partial charge in [0.1, 0.15) is 0 Å². The highest BCUT2D eigenvalue weighted by Crippen LogP contribution is 2.25. The topological polar surface area (TPSA) is 21.3 Å². The van der Waals surface area contributed by atoms with Crippen LogP contribution in [0.15, 0.2) is 24.3 Å². The maximum absolute atomic E-state index is 5.27. The fourth-order valence-corrected chi connectivity index (χ4v) is 2.33. The molecule has 1 aromatic rings. The van der Waals surface area contributed by atoms with E-state index in [0.717, 1.165) is 26.2 Å². The molecule has 1 unspecified atom stereocenters. The zero-order chi connectivity index (χ0) is 13.0. The van der Waals surface area contributed by atoms with Crippen LogP contribution in [0.5, 0.6) is 0 Å². The molecule has 2 rings (SSSR count). The molecule has 1 N–H and O–H groups in total. The summed E-state index contributed by atoms with van der Waals surface area (Å²) in [7, 11) is 0. The van der Waals surface area contributed by atoms with E-state index in [0.29, 0.717) is 11.5 Å². The Balaban J connectivity index is 1.69. The van der Waals surface area contributed by atoms with Crippen LogP contribution in [0, 0.1) is 12.3 Å². The molecule has 2 heteroatoms. The molecule has 0 amide bonds. The van der Waals surface area contributed by atoms with Crippen LogP contribution in [0.3, 0.4) is 0 Å². The summed E-state index contributed by atoms with van der Waals surface area (Å²) in [4.78, 5) is 0. The molecule has 1 atom stereocenters. The van der Waals surface area contributed by atoms with Crippen molar-refractivity contribution in [2.75, 3.05) is 19.8 Å². The predicted molar refractivity (Wildman–Crippen MR) is 75.9 cm³/mol. The van der Waals surface area contributed by atoms with Crippen LogP contribution < -0.4 is 5.32 Å². The lowest BCUT2D eigenvalue weighted by Crippen LogP contribution is -2.49. The second kappa shape index (κ2) is 5.85. The van der Waals surface area contributed by atoms with E-state index in [1.54, 1.807) is 0 Å². The predicted octanol–water partition coefficient (Wildman–Crippen LogP) is 2.94. The third-order valence-electron chi connectivity index (χ3n) is 3.73. The molecule has 1 aromatic carbocycles. The first-order chi connectivity index (χ1) is 8.57. The second-order valence-electron chi connectivity index (χ2n) is 6.11. The van der Waals surface area contributed by atoms with E-state index >= 15 is 0 Å². The Hall–Kier alpha value is -0.860. The molecule has 0 radical (unpaired) electrons. The molecular formula is C16H25NO. The van der Waals surface area contributed by atoms with E-state index in [1.165, 1.54) is 17.5 Å². The minimum Gasteiger partial charge on any atom is -0.380 e. The number of hydrogen-bond donors (Lipinski definition) is 1. The first kappa shape index (κ1) is 13.6. The van der Waals surface area contributed by atoms with Crippen molar-refractivity contribution >= 4 is 0 Å². The molecule has 1 aliphatic heterocycles. The molecule has 2 nitrogen and oxygen atoms in total. The van der Waals surface area contributed by atoms with Gasteiger partial charge in [-0.2, -0.15) is 0 Å². The number of rotatable bonds is 6. The van der Waals surface area contributed by atoms with Gasteiger partial charge in [0.15, 0.2) is 0 Å². The fraction of sp³-hybridized carbons (Fsp3) is 0.625. The van der Waals surface area contributed by atoms with Crippen molar-refractivity contribution in [3.05, 3.63) is 35.4 Å². The van der Waals surface area contributed by atoms with Gasteiger partial charge < -0.3 is 10.1 Å². The van der Waals surface area contributed by atoms with Crippen LogP contribution in [0.25, 0.3) is 0 Å². The van der Waals surface area contributed by atoms with Gasteiger partial charge in [0.05, 0.1) is 13.2 Å². The third kappa shape index (κ3) is 3.82. The van der Waals surface area contributed by atoms with Crippen molar-refractivity contribution in [2.45, 2.75) is 39.7 Å². The SMILES string of the molecule is Cc1cccc(CCC(C)NCC2(C)COC2)c1. The normalized spacial score (nSPS) is 19.3.